The Morgan fingerprint density at radius 1 is 1.14 bits per heavy atom. The largest absolute Gasteiger partial charge is 0.325 e. The van der Waals surface area contributed by atoms with Crippen LogP contribution in [0, 0.1) is 19.8 Å². The second-order valence-corrected chi connectivity index (χ2v) is 6.68. The van der Waals surface area contributed by atoms with E-state index in [2.05, 4.69) is 33.4 Å². The molecule has 3 rings (SSSR count). The summed E-state index contributed by atoms with van der Waals surface area (Å²) in [7, 11) is 0. The normalized spacial score (nSPS) is 20.1. The van der Waals surface area contributed by atoms with E-state index in [1.165, 1.54) is 5.56 Å². The highest BCUT2D eigenvalue weighted by Gasteiger charge is 2.43. The molecule has 0 heterocycles. The van der Waals surface area contributed by atoms with Crippen molar-refractivity contribution in [1.82, 2.24) is 0 Å². The highest BCUT2D eigenvalue weighted by molar-refractivity contribution is 9.10. The number of nitrogens with one attached hydrogen (secondary N) is 1. The van der Waals surface area contributed by atoms with E-state index in [0.29, 0.717) is 5.92 Å². The Morgan fingerprint density at radius 3 is 2.38 bits per heavy atom. The molecular weight excluding hydrogens is 326 g/mol. The van der Waals surface area contributed by atoms with Crippen molar-refractivity contribution in [2.75, 3.05) is 5.32 Å². The van der Waals surface area contributed by atoms with Gasteiger partial charge in [0.25, 0.3) is 0 Å². The predicted octanol–water partition coefficient (Wildman–Crippen LogP) is 4.81. The third-order valence-corrected chi connectivity index (χ3v) is 4.56. The standard InChI is InChI=1S/C18H18BrNO/c1-11-8-14(19)9-12(2)17(11)20-18(21)16-10-15(16)13-6-4-3-5-7-13/h3-9,15-16H,10H2,1-2H3,(H,20,21)/t15-,16-/m1/s1. The van der Waals surface area contributed by atoms with Crippen molar-refractivity contribution in [1.29, 1.82) is 0 Å². The number of hydrogen-bond acceptors (Lipinski definition) is 1. The minimum absolute atomic E-state index is 0.106. The summed E-state index contributed by atoms with van der Waals surface area (Å²) < 4.78 is 1.05. The molecule has 0 saturated heterocycles. The van der Waals surface area contributed by atoms with E-state index in [1.807, 2.05) is 44.2 Å². The Bertz CT molecular complexity index is 658. The molecule has 1 aliphatic rings. The molecule has 0 spiro atoms. The van der Waals surface area contributed by atoms with Crippen molar-refractivity contribution in [3.05, 3.63) is 63.6 Å². The van der Waals surface area contributed by atoms with Crippen molar-refractivity contribution >= 4 is 27.5 Å². The first-order valence-electron chi connectivity index (χ1n) is 7.19. The first kappa shape index (κ1) is 14.3. The third kappa shape index (κ3) is 3.03. The number of anilines is 1. The van der Waals surface area contributed by atoms with E-state index in [-0.39, 0.29) is 11.8 Å². The molecule has 0 unspecified atom stereocenters. The van der Waals surface area contributed by atoms with Crippen LogP contribution < -0.4 is 5.32 Å². The number of hydrogen-bond donors (Lipinski definition) is 1. The Morgan fingerprint density at radius 2 is 1.76 bits per heavy atom. The lowest BCUT2D eigenvalue weighted by Crippen LogP contribution is -2.16. The first-order chi connectivity index (χ1) is 10.1. The maximum absolute atomic E-state index is 12.4. The summed E-state index contributed by atoms with van der Waals surface area (Å²) in [5, 5.41) is 3.11. The topological polar surface area (TPSA) is 29.1 Å². The minimum Gasteiger partial charge on any atom is -0.325 e. The molecule has 0 aromatic heterocycles. The van der Waals surface area contributed by atoms with Gasteiger partial charge in [0.15, 0.2) is 0 Å². The minimum atomic E-state index is 0.106. The van der Waals surface area contributed by atoms with Crippen LogP contribution in [0.15, 0.2) is 46.9 Å². The van der Waals surface area contributed by atoms with Gasteiger partial charge in [0.2, 0.25) is 5.91 Å². The van der Waals surface area contributed by atoms with Crippen LogP contribution in [0.2, 0.25) is 0 Å². The fourth-order valence-corrected chi connectivity index (χ4v) is 3.56. The van der Waals surface area contributed by atoms with Crippen LogP contribution in [0.4, 0.5) is 5.69 Å². The van der Waals surface area contributed by atoms with Gasteiger partial charge in [-0.3, -0.25) is 4.79 Å². The molecule has 1 aliphatic carbocycles. The van der Waals surface area contributed by atoms with E-state index in [4.69, 9.17) is 0 Å². The zero-order valence-electron chi connectivity index (χ0n) is 12.2. The molecule has 0 radical (unpaired) electrons. The molecular formula is C18H18BrNO. The fourth-order valence-electron chi connectivity index (χ4n) is 2.88. The molecule has 1 fully saturated rings. The van der Waals surface area contributed by atoms with Crippen LogP contribution in [-0.4, -0.2) is 5.91 Å². The summed E-state index contributed by atoms with van der Waals surface area (Å²) in [6, 6.07) is 14.4. The SMILES string of the molecule is Cc1cc(Br)cc(C)c1NC(=O)[C@@H]1C[C@@H]1c1ccccc1. The van der Waals surface area contributed by atoms with Gasteiger partial charge in [-0.05, 0) is 55.0 Å². The lowest BCUT2D eigenvalue weighted by atomic mass is 10.1. The maximum atomic E-state index is 12.4. The van der Waals surface area contributed by atoms with Gasteiger partial charge in [-0.25, -0.2) is 0 Å². The molecule has 21 heavy (non-hydrogen) atoms. The molecule has 3 heteroatoms. The average Bonchev–Trinajstić information content (AvgIpc) is 3.24. The summed E-state index contributed by atoms with van der Waals surface area (Å²) >= 11 is 3.48. The van der Waals surface area contributed by atoms with E-state index < -0.39 is 0 Å². The molecule has 1 amide bonds. The van der Waals surface area contributed by atoms with Gasteiger partial charge >= 0.3 is 0 Å². The molecule has 108 valence electrons. The molecule has 2 atom stereocenters. The summed E-state index contributed by atoms with van der Waals surface area (Å²) in [6.07, 6.45) is 0.949. The Balaban J connectivity index is 1.72. The molecule has 2 aromatic carbocycles. The smallest absolute Gasteiger partial charge is 0.228 e. The summed E-state index contributed by atoms with van der Waals surface area (Å²) in [5.74, 6) is 0.620. The van der Waals surface area contributed by atoms with E-state index in [9.17, 15) is 4.79 Å². The van der Waals surface area contributed by atoms with Crippen LogP contribution in [-0.2, 0) is 4.79 Å². The number of benzene rings is 2. The van der Waals surface area contributed by atoms with Crippen molar-refractivity contribution in [3.63, 3.8) is 0 Å². The van der Waals surface area contributed by atoms with Crippen molar-refractivity contribution < 1.29 is 4.79 Å². The second-order valence-electron chi connectivity index (χ2n) is 5.76. The monoisotopic (exact) mass is 343 g/mol. The number of halogens is 1. The van der Waals surface area contributed by atoms with Crippen LogP contribution in [0.1, 0.15) is 29.0 Å². The van der Waals surface area contributed by atoms with Gasteiger partial charge in [0.1, 0.15) is 0 Å². The van der Waals surface area contributed by atoms with Crippen LogP contribution in [0.5, 0.6) is 0 Å². The van der Waals surface area contributed by atoms with Crippen molar-refractivity contribution in [2.45, 2.75) is 26.2 Å². The van der Waals surface area contributed by atoms with Crippen molar-refractivity contribution in [2.24, 2.45) is 5.92 Å². The maximum Gasteiger partial charge on any atom is 0.228 e. The van der Waals surface area contributed by atoms with Gasteiger partial charge in [-0.15, -0.1) is 0 Å². The second kappa shape index (κ2) is 5.64. The predicted molar refractivity (Wildman–Crippen MR) is 89.5 cm³/mol. The highest BCUT2D eigenvalue weighted by atomic mass is 79.9. The average molecular weight is 344 g/mol. The van der Waals surface area contributed by atoms with Gasteiger partial charge in [0.05, 0.1) is 0 Å². The van der Waals surface area contributed by atoms with Gasteiger partial charge in [-0.2, -0.15) is 0 Å². The molecule has 2 aromatic rings. The third-order valence-electron chi connectivity index (χ3n) is 4.10. The number of aryl methyl sites for hydroxylation is 2. The quantitative estimate of drug-likeness (QED) is 0.851. The Kier molecular flexibility index (Phi) is 3.85. The molecule has 1 saturated carbocycles. The van der Waals surface area contributed by atoms with Crippen LogP contribution in [0.25, 0.3) is 0 Å². The van der Waals surface area contributed by atoms with E-state index >= 15 is 0 Å². The first-order valence-corrected chi connectivity index (χ1v) is 7.98. The summed E-state index contributed by atoms with van der Waals surface area (Å²) in [6.45, 7) is 4.05. The number of carbonyl (C=O) groups is 1. The van der Waals surface area contributed by atoms with E-state index in [0.717, 1.165) is 27.7 Å². The molecule has 1 N–H and O–H groups in total. The zero-order valence-corrected chi connectivity index (χ0v) is 13.8. The lowest BCUT2D eigenvalue weighted by molar-refractivity contribution is -0.117. The number of rotatable bonds is 3. The highest BCUT2D eigenvalue weighted by Crippen LogP contribution is 2.48. The van der Waals surface area contributed by atoms with Crippen LogP contribution in [0.3, 0.4) is 0 Å². The van der Waals surface area contributed by atoms with Crippen LogP contribution >= 0.6 is 15.9 Å². The Labute approximate surface area is 133 Å². The van der Waals surface area contributed by atoms with E-state index in [1.54, 1.807) is 0 Å². The molecule has 2 nitrogen and oxygen atoms in total. The number of amides is 1. The summed E-state index contributed by atoms with van der Waals surface area (Å²) in [4.78, 5) is 12.4. The molecule has 0 aliphatic heterocycles. The number of carbonyl (C=O) groups excluding carboxylic acids is 1. The molecule has 0 bridgehead atoms. The van der Waals surface area contributed by atoms with Gasteiger partial charge in [-0.1, -0.05) is 46.3 Å². The van der Waals surface area contributed by atoms with Gasteiger partial charge < -0.3 is 5.32 Å². The summed E-state index contributed by atoms with van der Waals surface area (Å²) in [5.41, 5.74) is 4.39. The lowest BCUT2D eigenvalue weighted by Gasteiger charge is -2.12. The van der Waals surface area contributed by atoms with Crippen molar-refractivity contribution in [3.8, 4) is 0 Å². The zero-order chi connectivity index (χ0) is 15.0. The fraction of sp³-hybridized carbons (Fsp3) is 0.278. The Hall–Kier alpha value is -1.61. The van der Waals surface area contributed by atoms with Gasteiger partial charge in [0, 0.05) is 16.1 Å².